The van der Waals surface area contributed by atoms with Gasteiger partial charge in [0.05, 0.1) is 22.2 Å². The number of fused-ring (bicyclic) bond motifs is 2. The van der Waals surface area contributed by atoms with E-state index in [1.54, 1.807) is 83.3 Å². The Balaban J connectivity index is 0.000000203. The minimum absolute atomic E-state index is 0.0644. The summed E-state index contributed by atoms with van der Waals surface area (Å²) in [6.45, 7) is 4.94. The molecule has 0 N–H and O–H groups in total. The van der Waals surface area contributed by atoms with Crippen molar-refractivity contribution in [2.45, 2.75) is 57.5 Å². The van der Waals surface area contributed by atoms with Crippen LogP contribution < -0.4 is 9.80 Å². The predicted octanol–water partition coefficient (Wildman–Crippen LogP) is 6.41. The number of benzene rings is 2. The van der Waals surface area contributed by atoms with Gasteiger partial charge in [-0.1, -0.05) is 12.1 Å². The van der Waals surface area contributed by atoms with Gasteiger partial charge in [0.2, 0.25) is 11.9 Å². The van der Waals surface area contributed by atoms with Crippen molar-refractivity contribution in [1.29, 1.82) is 0 Å². The van der Waals surface area contributed by atoms with E-state index in [4.69, 9.17) is 19.2 Å². The maximum absolute atomic E-state index is 15.2. The van der Waals surface area contributed by atoms with Crippen molar-refractivity contribution in [3.63, 3.8) is 0 Å². The smallest absolute Gasteiger partial charge is 0.345 e. The van der Waals surface area contributed by atoms with Crippen molar-refractivity contribution in [2.75, 3.05) is 64.2 Å². The van der Waals surface area contributed by atoms with E-state index in [2.05, 4.69) is 49.7 Å². The number of hydrogen-bond acceptors (Lipinski definition) is 16. The first-order valence-corrected chi connectivity index (χ1v) is 24.1. The zero-order valence-corrected chi connectivity index (χ0v) is 42.6. The highest BCUT2D eigenvalue weighted by Crippen LogP contribution is 2.34. The minimum atomic E-state index is -0.528. The Hall–Kier alpha value is -9.14. The molecule has 2 aliphatic heterocycles. The quantitative estimate of drug-likeness (QED) is 0.135. The average molecular weight is 1060 g/mol. The van der Waals surface area contributed by atoms with Crippen LogP contribution in [-0.2, 0) is 32.0 Å². The van der Waals surface area contributed by atoms with E-state index < -0.39 is 23.3 Å². The summed E-state index contributed by atoms with van der Waals surface area (Å²) in [6, 6.07) is 10.6. The maximum atomic E-state index is 15.2. The first-order valence-electron chi connectivity index (χ1n) is 24.1. The molecule has 2 aliphatic rings. The molecule has 20 nitrogen and oxygen atoms in total. The van der Waals surface area contributed by atoms with Crippen molar-refractivity contribution >= 4 is 58.1 Å². The summed E-state index contributed by atoms with van der Waals surface area (Å²) in [7, 11) is 6.44. The van der Waals surface area contributed by atoms with Gasteiger partial charge in [-0.25, -0.2) is 57.4 Å². The Morgan fingerprint density at radius 3 is 1.30 bits per heavy atom. The van der Waals surface area contributed by atoms with Gasteiger partial charge in [-0.2, -0.15) is 19.2 Å². The molecule has 0 bridgehead atoms. The van der Waals surface area contributed by atoms with Gasteiger partial charge in [0.15, 0.2) is 11.6 Å². The predicted molar refractivity (Wildman–Crippen MR) is 269 cm³/mol. The van der Waals surface area contributed by atoms with Crippen LogP contribution in [0.5, 0.6) is 0 Å². The molecule has 77 heavy (non-hydrogen) atoms. The number of hydrogen-bond donors (Lipinski definition) is 0. The number of aromatic nitrogens is 10. The zero-order chi connectivity index (χ0) is 55.3. The third-order valence-corrected chi connectivity index (χ3v) is 13.0. The molecule has 0 atom stereocenters. The molecule has 10 rings (SSSR count). The Morgan fingerprint density at radius 1 is 0.558 bits per heavy atom. The van der Waals surface area contributed by atoms with Crippen molar-refractivity contribution in [2.24, 2.45) is 0 Å². The molecule has 398 valence electrons. The Labute approximate surface area is 438 Å². The number of carbonyl (C=O) groups is 2. The molecule has 24 heteroatoms. The van der Waals surface area contributed by atoms with E-state index in [-0.39, 0.29) is 60.2 Å². The molecule has 6 aromatic heterocycles. The number of amides is 2. The summed E-state index contributed by atoms with van der Waals surface area (Å²) in [6.07, 6.45) is 16.6. The highest BCUT2D eigenvalue weighted by molar-refractivity contribution is 5.94. The fraction of sp³-hybridized carbons (Fsp3) is 0.321. The molecule has 0 spiro atoms. The molecule has 2 saturated heterocycles. The second-order valence-electron chi connectivity index (χ2n) is 18.4. The lowest BCUT2D eigenvalue weighted by Gasteiger charge is -2.32. The number of halogens is 4. The molecule has 2 aromatic carbocycles. The SMILES string of the molecule is CN(C)C(=O)c1ccc(Cc2ncnc3c2c(F)cn3C2CCN(c3ncccn3)CC2)c(F)c1.Cc1cnc(N2CCC(n3cc(F)c4c(Cc5ccc(C(=O)N(C)C)cc5F)ncnc43)CC2)nc1.O=C=O.O=C=O. The monoisotopic (exact) mass is 1060 g/mol. The van der Waals surface area contributed by atoms with E-state index >= 15 is 8.78 Å². The van der Waals surface area contributed by atoms with Crippen LogP contribution in [-0.4, -0.2) is 137 Å². The standard InChI is InChI=1S/C26H27F2N7O.C25H25F2N7O.2CO2/c1-16-12-29-26(30-13-16)34-8-6-19(7-9-34)35-14-21(28)23-22(31-15-32-24(23)35)11-17-4-5-18(10-20(17)27)25(36)33(2)3;1-32(2)24(35)17-5-4-16(19(26)12-17)13-21-22-20(27)14-34(23(22)31-15-30-21)18-6-10-33(11-7-18)25-28-8-3-9-29-25;2*2-1-3/h4-5,10,12-15,19H,6-9,11H2,1-3H3;3-5,8-9,12,14-15,18H,6-7,10-11,13H2,1-2H3;;. The number of nitrogens with zero attached hydrogens (tertiary/aromatic N) is 14. The Morgan fingerprint density at radius 2 is 0.935 bits per heavy atom. The molecule has 0 radical (unpaired) electrons. The van der Waals surface area contributed by atoms with E-state index in [0.717, 1.165) is 57.4 Å². The van der Waals surface area contributed by atoms with Gasteiger partial charge >= 0.3 is 12.3 Å². The van der Waals surface area contributed by atoms with Crippen molar-refractivity contribution in [1.82, 2.24) is 58.8 Å². The maximum Gasteiger partial charge on any atom is 0.373 e. The molecule has 0 unspecified atom stereocenters. The lowest BCUT2D eigenvalue weighted by atomic mass is 10.0. The number of piperidine rings is 2. The Bertz CT molecular complexity index is 3410. The zero-order valence-electron chi connectivity index (χ0n) is 42.6. The summed E-state index contributed by atoms with van der Waals surface area (Å²) in [4.78, 5) is 98.5. The van der Waals surface area contributed by atoms with Crippen LogP contribution in [0.3, 0.4) is 0 Å². The summed E-state index contributed by atoms with van der Waals surface area (Å²) >= 11 is 0. The van der Waals surface area contributed by atoms with Gasteiger partial charge < -0.3 is 28.7 Å². The summed E-state index contributed by atoms with van der Waals surface area (Å²) < 4.78 is 63.7. The van der Waals surface area contributed by atoms with Crippen LogP contribution in [0.2, 0.25) is 0 Å². The van der Waals surface area contributed by atoms with Crippen LogP contribution >= 0.6 is 0 Å². The lowest BCUT2D eigenvalue weighted by Crippen LogP contribution is -2.35. The molecule has 0 saturated carbocycles. The summed E-state index contributed by atoms with van der Waals surface area (Å²) in [5.41, 5.74) is 4.02. The van der Waals surface area contributed by atoms with Crippen molar-refractivity contribution < 1.29 is 46.3 Å². The summed E-state index contributed by atoms with van der Waals surface area (Å²) in [5, 5.41) is 0.601. The largest absolute Gasteiger partial charge is 0.373 e. The number of anilines is 2. The first-order chi connectivity index (χ1) is 37.1. The normalized spacial score (nSPS) is 13.5. The fourth-order valence-electron chi connectivity index (χ4n) is 9.24. The molecule has 0 aliphatic carbocycles. The minimum Gasteiger partial charge on any atom is -0.345 e. The number of carbonyl (C=O) groups excluding carboxylic acids is 6. The first kappa shape index (κ1) is 55.6. The average Bonchev–Trinajstić information content (AvgIpc) is 4.00. The number of rotatable bonds is 10. The molecular weight excluding hydrogens is 1000 g/mol. The second kappa shape index (κ2) is 25.4. The highest BCUT2D eigenvalue weighted by atomic mass is 19.1. The molecule has 8 aromatic rings. The second-order valence-corrected chi connectivity index (χ2v) is 18.4. The third kappa shape index (κ3) is 13.0. The van der Waals surface area contributed by atoms with Crippen molar-refractivity contribution in [3.05, 3.63) is 155 Å². The van der Waals surface area contributed by atoms with Gasteiger partial charge in [-0.15, -0.1) is 0 Å². The highest BCUT2D eigenvalue weighted by Gasteiger charge is 2.28. The van der Waals surface area contributed by atoms with Gasteiger partial charge in [-0.05, 0) is 79.6 Å². The van der Waals surface area contributed by atoms with Crippen LogP contribution in [0.4, 0.5) is 29.5 Å². The van der Waals surface area contributed by atoms with Gasteiger partial charge in [0.1, 0.15) is 35.6 Å². The van der Waals surface area contributed by atoms with E-state index in [1.165, 1.54) is 47.0 Å². The van der Waals surface area contributed by atoms with Crippen LogP contribution in [0.1, 0.15) is 86.6 Å². The van der Waals surface area contributed by atoms with Crippen LogP contribution in [0, 0.1) is 30.2 Å². The fourth-order valence-corrected chi connectivity index (χ4v) is 9.24. The molecule has 2 amide bonds. The van der Waals surface area contributed by atoms with Crippen molar-refractivity contribution in [3.8, 4) is 0 Å². The van der Waals surface area contributed by atoms with Gasteiger partial charge in [-0.3, -0.25) is 9.59 Å². The van der Waals surface area contributed by atoms with Gasteiger partial charge in [0.25, 0.3) is 11.8 Å². The lowest BCUT2D eigenvalue weighted by molar-refractivity contribution is -0.193. The van der Waals surface area contributed by atoms with E-state index in [0.29, 0.717) is 56.5 Å². The topological polar surface area (TPSA) is 228 Å². The van der Waals surface area contributed by atoms with E-state index in [1.807, 2.05) is 16.1 Å². The van der Waals surface area contributed by atoms with Gasteiger partial charge in [0, 0.05) is 128 Å². The van der Waals surface area contributed by atoms with E-state index in [9.17, 15) is 18.4 Å². The molecule has 8 heterocycles. The van der Waals surface area contributed by atoms with Crippen LogP contribution in [0.25, 0.3) is 22.1 Å². The Kier molecular flexibility index (Phi) is 18.3. The third-order valence-electron chi connectivity index (χ3n) is 13.0. The summed E-state index contributed by atoms with van der Waals surface area (Å²) in [5.74, 6) is -1.08. The molecular formula is C53H52F4N14O6. The van der Waals surface area contributed by atoms with Crippen LogP contribution in [0.15, 0.2) is 92.3 Å². The number of aryl methyl sites for hydroxylation is 1. The molecule has 2 fully saturated rings.